The Morgan fingerprint density at radius 3 is 2.75 bits per heavy atom. The van der Waals surface area contributed by atoms with Crippen LogP contribution in [-0.2, 0) is 4.79 Å². The maximum absolute atomic E-state index is 12.6. The number of carbonyl (C=O) groups is 1. The van der Waals surface area contributed by atoms with Crippen molar-refractivity contribution in [3.05, 3.63) is 70.2 Å². The molecular formula is C20H20BrNO2. The number of halogens is 1. The van der Waals surface area contributed by atoms with Gasteiger partial charge >= 0.3 is 0 Å². The molecule has 24 heavy (non-hydrogen) atoms. The Bertz CT molecular complexity index is 740. The Morgan fingerprint density at radius 1 is 1.25 bits per heavy atom. The second-order valence-corrected chi connectivity index (χ2v) is 6.77. The van der Waals surface area contributed by atoms with Crippen LogP contribution in [0.4, 0.5) is 0 Å². The molecule has 1 atom stereocenters. The fourth-order valence-corrected chi connectivity index (χ4v) is 3.49. The molecule has 3 nitrogen and oxygen atoms in total. The summed E-state index contributed by atoms with van der Waals surface area (Å²) in [5.74, 6) is 0.900. The van der Waals surface area contributed by atoms with Crippen LogP contribution in [0.5, 0.6) is 5.75 Å². The predicted molar refractivity (Wildman–Crippen MR) is 99.9 cm³/mol. The maximum atomic E-state index is 12.6. The van der Waals surface area contributed by atoms with Crippen molar-refractivity contribution in [1.82, 2.24) is 4.90 Å². The highest BCUT2D eigenvalue weighted by atomic mass is 79.9. The van der Waals surface area contributed by atoms with Gasteiger partial charge in [-0.15, -0.1) is 0 Å². The van der Waals surface area contributed by atoms with E-state index in [4.69, 9.17) is 4.74 Å². The molecule has 0 aliphatic carbocycles. The summed E-state index contributed by atoms with van der Waals surface area (Å²) in [4.78, 5) is 14.6. The van der Waals surface area contributed by atoms with E-state index in [9.17, 15) is 4.79 Å². The van der Waals surface area contributed by atoms with Gasteiger partial charge in [0, 0.05) is 17.1 Å². The molecular weight excluding hydrogens is 366 g/mol. The fraction of sp³-hybridized carbons (Fsp3) is 0.250. The largest absolute Gasteiger partial charge is 0.497 e. The molecule has 3 rings (SSSR count). The zero-order valence-corrected chi connectivity index (χ0v) is 15.2. The van der Waals surface area contributed by atoms with Crippen molar-refractivity contribution in [2.75, 3.05) is 13.7 Å². The van der Waals surface area contributed by atoms with Crippen LogP contribution in [0, 0.1) is 0 Å². The molecule has 4 heteroatoms. The topological polar surface area (TPSA) is 29.5 Å². The Hall–Kier alpha value is -2.07. The van der Waals surface area contributed by atoms with Crippen LogP contribution in [0.25, 0.3) is 6.08 Å². The normalized spacial score (nSPS) is 17.4. The number of methoxy groups -OCH3 is 1. The highest BCUT2D eigenvalue weighted by Gasteiger charge is 2.28. The Morgan fingerprint density at radius 2 is 2.04 bits per heavy atom. The summed E-state index contributed by atoms with van der Waals surface area (Å²) in [5.41, 5.74) is 2.18. The van der Waals surface area contributed by atoms with E-state index in [1.54, 1.807) is 13.2 Å². The zero-order chi connectivity index (χ0) is 16.9. The number of carbonyl (C=O) groups excluding carboxylic acids is 1. The number of nitrogens with zero attached hydrogens (tertiary/aromatic N) is 1. The molecule has 2 aromatic carbocycles. The van der Waals surface area contributed by atoms with Crippen LogP contribution in [0.1, 0.15) is 30.0 Å². The van der Waals surface area contributed by atoms with Gasteiger partial charge in [0.2, 0.25) is 5.91 Å². The molecule has 1 fully saturated rings. The lowest BCUT2D eigenvalue weighted by Gasteiger charge is -2.24. The van der Waals surface area contributed by atoms with Crippen molar-refractivity contribution in [2.24, 2.45) is 0 Å². The Balaban J connectivity index is 1.73. The van der Waals surface area contributed by atoms with Crippen molar-refractivity contribution in [1.29, 1.82) is 0 Å². The summed E-state index contributed by atoms with van der Waals surface area (Å²) in [6, 6.07) is 16.1. The lowest BCUT2D eigenvalue weighted by molar-refractivity contribution is -0.126. The minimum Gasteiger partial charge on any atom is -0.497 e. The van der Waals surface area contributed by atoms with Crippen LogP contribution >= 0.6 is 15.9 Å². The van der Waals surface area contributed by atoms with Crippen molar-refractivity contribution >= 4 is 27.9 Å². The van der Waals surface area contributed by atoms with Gasteiger partial charge in [0.25, 0.3) is 0 Å². The number of benzene rings is 2. The molecule has 124 valence electrons. The lowest BCUT2D eigenvalue weighted by Crippen LogP contribution is -2.28. The molecule has 1 aliphatic heterocycles. The van der Waals surface area contributed by atoms with E-state index < -0.39 is 0 Å². The lowest BCUT2D eigenvalue weighted by atomic mass is 10.0. The Labute approximate surface area is 151 Å². The maximum Gasteiger partial charge on any atom is 0.247 e. The average molecular weight is 386 g/mol. The number of amides is 1. The number of likely N-dealkylation sites (tertiary alicyclic amines) is 1. The predicted octanol–water partition coefficient (Wildman–Crippen LogP) is 4.83. The molecule has 0 saturated carbocycles. The van der Waals surface area contributed by atoms with E-state index in [1.165, 1.54) is 0 Å². The molecule has 1 unspecified atom stereocenters. The highest BCUT2D eigenvalue weighted by Crippen LogP contribution is 2.33. The minimum atomic E-state index is 0.0632. The summed E-state index contributed by atoms with van der Waals surface area (Å²) in [5, 5.41) is 0. The van der Waals surface area contributed by atoms with Crippen molar-refractivity contribution in [3.8, 4) is 5.75 Å². The second-order valence-electron chi connectivity index (χ2n) is 5.85. The summed E-state index contributed by atoms with van der Waals surface area (Å²) in [7, 11) is 1.66. The van der Waals surface area contributed by atoms with Gasteiger partial charge in [-0.05, 0) is 54.3 Å². The first-order valence-electron chi connectivity index (χ1n) is 8.05. The van der Waals surface area contributed by atoms with Crippen LogP contribution in [0.2, 0.25) is 0 Å². The monoisotopic (exact) mass is 385 g/mol. The number of rotatable bonds is 4. The third-order valence-corrected chi connectivity index (χ3v) is 4.80. The quantitative estimate of drug-likeness (QED) is 0.705. The third kappa shape index (κ3) is 3.88. The van der Waals surface area contributed by atoms with Crippen LogP contribution in [0.3, 0.4) is 0 Å². The van der Waals surface area contributed by atoms with E-state index >= 15 is 0 Å². The molecule has 1 aliphatic rings. The number of ether oxygens (including phenoxy) is 1. The summed E-state index contributed by atoms with van der Waals surface area (Å²) < 4.78 is 6.22. The van der Waals surface area contributed by atoms with Crippen molar-refractivity contribution in [2.45, 2.75) is 18.9 Å². The first-order chi connectivity index (χ1) is 11.7. The second kappa shape index (κ2) is 7.67. The van der Waals surface area contributed by atoms with E-state index in [0.29, 0.717) is 0 Å². The van der Waals surface area contributed by atoms with Gasteiger partial charge in [0.15, 0.2) is 0 Å². The molecule has 1 amide bonds. The van der Waals surface area contributed by atoms with E-state index in [-0.39, 0.29) is 11.9 Å². The average Bonchev–Trinajstić information content (AvgIpc) is 3.09. The van der Waals surface area contributed by atoms with Gasteiger partial charge in [-0.3, -0.25) is 4.79 Å². The molecule has 0 aromatic heterocycles. The molecule has 0 bridgehead atoms. The van der Waals surface area contributed by atoms with E-state index in [2.05, 4.69) is 15.9 Å². The minimum absolute atomic E-state index is 0.0632. The van der Waals surface area contributed by atoms with E-state index in [0.717, 1.165) is 40.7 Å². The third-order valence-electron chi connectivity index (χ3n) is 4.30. The van der Waals surface area contributed by atoms with Gasteiger partial charge in [0.1, 0.15) is 5.75 Å². The molecule has 2 aromatic rings. The molecule has 0 spiro atoms. The van der Waals surface area contributed by atoms with Crippen LogP contribution in [-0.4, -0.2) is 24.5 Å². The van der Waals surface area contributed by atoms with Gasteiger partial charge < -0.3 is 9.64 Å². The van der Waals surface area contributed by atoms with Gasteiger partial charge in [-0.25, -0.2) is 0 Å². The number of hydrogen-bond donors (Lipinski definition) is 0. The van der Waals surface area contributed by atoms with E-state index in [1.807, 2.05) is 59.5 Å². The van der Waals surface area contributed by atoms with Gasteiger partial charge in [-0.1, -0.05) is 40.2 Å². The molecule has 0 radical (unpaired) electrons. The van der Waals surface area contributed by atoms with Crippen LogP contribution < -0.4 is 4.74 Å². The first kappa shape index (κ1) is 16.8. The van der Waals surface area contributed by atoms with Crippen molar-refractivity contribution < 1.29 is 9.53 Å². The highest BCUT2D eigenvalue weighted by molar-refractivity contribution is 9.10. The van der Waals surface area contributed by atoms with Gasteiger partial charge in [0.05, 0.1) is 13.2 Å². The molecule has 1 saturated heterocycles. The number of hydrogen-bond acceptors (Lipinski definition) is 2. The molecule has 1 heterocycles. The van der Waals surface area contributed by atoms with Crippen molar-refractivity contribution in [3.63, 3.8) is 0 Å². The summed E-state index contributed by atoms with van der Waals surface area (Å²) in [6.45, 7) is 0.804. The summed E-state index contributed by atoms with van der Waals surface area (Å²) >= 11 is 3.45. The van der Waals surface area contributed by atoms with Gasteiger partial charge in [-0.2, -0.15) is 0 Å². The Kier molecular flexibility index (Phi) is 5.36. The van der Waals surface area contributed by atoms with Crippen LogP contribution in [0.15, 0.2) is 59.1 Å². The smallest absolute Gasteiger partial charge is 0.247 e. The SMILES string of the molecule is COc1ccc(C2CCCN2C(=O)C=Cc2cccc(Br)c2)cc1. The summed E-state index contributed by atoms with van der Waals surface area (Å²) in [6.07, 6.45) is 5.58. The first-order valence-corrected chi connectivity index (χ1v) is 8.85. The molecule has 0 N–H and O–H groups in total. The fourth-order valence-electron chi connectivity index (χ4n) is 3.08. The zero-order valence-electron chi connectivity index (χ0n) is 13.6. The standard InChI is InChI=1S/C20H20BrNO2/c1-24-18-10-8-16(9-11-18)19-6-3-13-22(19)20(23)12-7-15-4-2-5-17(21)14-15/h2,4-5,7-12,14,19H,3,6,13H2,1H3.